The number of hydrogen-bond acceptors (Lipinski definition) is 2. The summed E-state index contributed by atoms with van der Waals surface area (Å²) in [6.07, 6.45) is 0. The van der Waals surface area contributed by atoms with E-state index < -0.39 is 0 Å². The van der Waals surface area contributed by atoms with Crippen molar-refractivity contribution in [1.82, 2.24) is 4.98 Å². The smallest absolute Gasteiger partial charge is 0.227 e. The molecule has 0 saturated carbocycles. The van der Waals surface area contributed by atoms with E-state index in [2.05, 4.69) is 37.0 Å². The van der Waals surface area contributed by atoms with Gasteiger partial charge in [0.1, 0.15) is 5.52 Å². The Kier molecular flexibility index (Phi) is 2.44. The maximum atomic E-state index is 5.89. The number of para-hydroxylation sites is 1. The van der Waals surface area contributed by atoms with E-state index in [0.717, 1.165) is 22.2 Å². The Morgan fingerprint density at radius 1 is 0.944 bits per heavy atom. The van der Waals surface area contributed by atoms with E-state index in [0.29, 0.717) is 5.89 Å². The zero-order chi connectivity index (χ0) is 12.7. The summed E-state index contributed by atoms with van der Waals surface area (Å²) >= 11 is 0. The number of nitrogens with zero attached hydrogens (tertiary/aromatic N) is 1. The molecule has 0 amide bonds. The Hall–Kier alpha value is -2.09. The topological polar surface area (TPSA) is 26.0 Å². The van der Waals surface area contributed by atoms with Crippen molar-refractivity contribution < 1.29 is 4.42 Å². The Labute approximate surface area is 106 Å². The highest BCUT2D eigenvalue weighted by atomic mass is 16.3. The number of aromatic nitrogens is 1. The van der Waals surface area contributed by atoms with E-state index in [1.807, 2.05) is 25.1 Å². The van der Waals surface area contributed by atoms with Gasteiger partial charge in [-0.25, -0.2) is 4.98 Å². The Bertz CT molecular complexity index is 725. The summed E-state index contributed by atoms with van der Waals surface area (Å²) in [5.41, 5.74) is 6.44. The van der Waals surface area contributed by atoms with E-state index in [4.69, 9.17) is 4.42 Å². The van der Waals surface area contributed by atoms with Crippen molar-refractivity contribution in [2.75, 3.05) is 0 Å². The second-order valence-electron chi connectivity index (χ2n) is 4.76. The van der Waals surface area contributed by atoms with Gasteiger partial charge in [0.15, 0.2) is 5.58 Å². The van der Waals surface area contributed by atoms with Gasteiger partial charge in [-0.3, -0.25) is 0 Å². The number of benzene rings is 2. The quantitative estimate of drug-likeness (QED) is 0.626. The molecule has 2 heteroatoms. The van der Waals surface area contributed by atoms with Crippen molar-refractivity contribution in [1.29, 1.82) is 0 Å². The fourth-order valence-electron chi connectivity index (χ4n) is 2.26. The number of fused-ring (bicyclic) bond motifs is 1. The molecule has 90 valence electrons. The predicted octanol–water partition coefficient (Wildman–Crippen LogP) is 4.42. The first-order chi connectivity index (χ1) is 8.65. The molecule has 0 unspecified atom stereocenters. The lowest BCUT2D eigenvalue weighted by molar-refractivity contribution is 0.617. The second kappa shape index (κ2) is 3.98. The van der Waals surface area contributed by atoms with Crippen LogP contribution in [-0.2, 0) is 0 Å². The summed E-state index contributed by atoms with van der Waals surface area (Å²) in [4.78, 5) is 4.57. The molecule has 2 nitrogen and oxygen atoms in total. The van der Waals surface area contributed by atoms with Crippen molar-refractivity contribution in [3.05, 3.63) is 53.1 Å². The minimum absolute atomic E-state index is 0.705. The van der Waals surface area contributed by atoms with Gasteiger partial charge in [0, 0.05) is 5.56 Å². The monoisotopic (exact) mass is 237 g/mol. The Morgan fingerprint density at radius 3 is 2.50 bits per heavy atom. The Morgan fingerprint density at radius 2 is 1.78 bits per heavy atom. The highest BCUT2D eigenvalue weighted by Gasteiger charge is 2.11. The molecule has 18 heavy (non-hydrogen) atoms. The number of oxazole rings is 1. The van der Waals surface area contributed by atoms with Gasteiger partial charge in [-0.15, -0.1) is 0 Å². The lowest BCUT2D eigenvalue weighted by Gasteiger charge is -2.02. The van der Waals surface area contributed by atoms with Crippen molar-refractivity contribution in [3.8, 4) is 11.5 Å². The molecule has 2 aromatic carbocycles. The first-order valence-corrected chi connectivity index (χ1v) is 6.09. The summed E-state index contributed by atoms with van der Waals surface area (Å²) in [7, 11) is 0. The molecule has 0 fully saturated rings. The summed E-state index contributed by atoms with van der Waals surface area (Å²) in [6.45, 7) is 6.22. The SMILES string of the molecule is Cc1ccc(-c2nc3cccc(C)c3o2)c(C)c1. The second-order valence-corrected chi connectivity index (χ2v) is 4.76. The standard InChI is InChI=1S/C16H15NO/c1-10-7-8-13(12(3)9-10)16-17-14-6-4-5-11(2)15(14)18-16/h4-9H,1-3H3. The van der Waals surface area contributed by atoms with Crippen LogP contribution in [-0.4, -0.2) is 4.98 Å². The van der Waals surface area contributed by atoms with Crippen molar-refractivity contribution in [3.63, 3.8) is 0 Å². The van der Waals surface area contributed by atoms with Crippen molar-refractivity contribution >= 4 is 11.1 Å². The van der Waals surface area contributed by atoms with Crippen LogP contribution in [0, 0.1) is 20.8 Å². The fourth-order valence-corrected chi connectivity index (χ4v) is 2.26. The third kappa shape index (κ3) is 1.70. The van der Waals surface area contributed by atoms with Crippen molar-refractivity contribution in [2.24, 2.45) is 0 Å². The van der Waals surface area contributed by atoms with Gasteiger partial charge >= 0.3 is 0 Å². The van der Waals surface area contributed by atoms with Crippen LogP contribution >= 0.6 is 0 Å². The molecule has 1 heterocycles. The van der Waals surface area contributed by atoms with Crippen LogP contribution in [0.2, 0.25) is 0 Å². The molecule has 0 aliphatic rings. The van der Waals surface area contributed by atoms with Crippen molar-refractivity contribution in [2.45, 2.75) is 20.8 Å². The summed E-state index contributed by atoms with van der Waals surface area (Å²) in [6, 6.07) is 12.3. The zero-order valence-electron chi connectivity index (χ0n) is 10.8. The largest absolute Gasteiger partial charge is 0.436 e. The lowest BCUT2D eigenvalue weighted by Crippen LogP contribution is -1.84. The first-order valence-electron chi connectivity index (χ1n) is 6.09. The van der Waals surface area contributed by atoms with Crippen LogP contribution in [0.15, 0.2) is 40.8 Å². The summed E-state index contributed by atoms with van der Waals surface area (Å²) < 4.78 is 5.89. The molecule has 0 atom stereocenters. The van der Waals surface area contributed by atoms with E-state index in [1.54, 1.807) is 0 Å². The first kappa shape index (κ1) is 11.0. The minimum atomic E-state index is 0.705. The molecule has 0 N–H and O–H groups in total. The van der Waals surface area contributed by atoms with Gasteiger partial charge in [0.25, 0.3) is 0 Å². The molecule has 0 bridgehead atoms. The number of hydrogen-bond donors (Lipinski definition) is 0. The highest BCUT2D eigenvalue weighted by molar-refractivity contribution is 5.79. The molecule has 3 rings (SSSR count). The highest BCUT2D eigenvalue weighted by Crippen LogP contribution is 2.28. The van der Waals surface area contributed by atoms with E-state index in [1.165, 1.54) is 11.1 Å². The van der Waals surface area contributed by atoms with Crippen LogP contribution in [0.4, 0.5) is 0 Å². The van der Waals surface area contributed by atoms with Crippen LogP contribution in [0.5, 0.6) is 0 Å². The molecule has 0 radical (unpaired) electrons. The van der Waals surface area contributed by atoms with Gasteiger partial charge in [-0.2, -0.15) is 0 Å². The van der Waals surface area contributed by atoms with Gasteiger partial charge in [0.2, 0.25) is 5.89 Å². The molecule has 1 aromatic heterocycles. The fraction of sp³-hybridized carbons (Fsp3) is 0.188. The van der Waals surface area contributed by atoms with E-state index in [9.17, 15) is 0 Å². The van der Waals surface area contributed by atoms with Gasteiger partial charge in [-0.05, 0) is 44.0 Å². The van der Waals surface area contributed by atoms with Gasteiger partial charge < -0.3 is 4.42 Å². The van der Waals surface area contributed by atoms with Crippen LogP contribution < -0.4 is 0 Å². The molecule has 0 saturated heterocycles. The van der Waals surface area contributed by atoms with Crippen LogP contribution in [0.1, 0.15) is 16.7 Å². The van der Waals surface area contributed by atoms with Crippen LogP contribution in [0.25, 0.3) is 22.6 Å². The normalized spacial score (nSPS) is 11.1. The minimum Gasteiger partial charge on any atom is -0.436 e. The molecule has 3 aromatic rings. The maximum absolute atomic E-state index is 5.89. The average Bonchev–Trinajstić information content (AvgIpc) is 2.74. The lowest BCUT2D eigenvalue weighted by atomic mass is 10.1. The van der Waals surface area contributed by atoms with E-state index in [-0.39, 0.29) is 0 Å². The average molecular weight is 237 g/mol. The molecular formula is C16H15NO. The Balaban J connectivity index is 2.23. The maximum Gasteiger partial charge on any atom is 0.227 e. The number of aryl methyl sites for hydroxylation is 3. The molecular weight excluding hydrogens is 222 g/mol. The zero-order valence-corrected chi connectivity index (χ0v) is 10.8. The number of rotatable bonds is 1. The predicted molar refractivity (Wildman–Crippen MR) is 73.7 cm³/mol. The van der Waals surface area contributed by atoms with Gasteiger partial charge in [-0.1, -0.05) is 29.8 Å². The molecule has 0 spiro atoms. The molecule has 0 aliphatic carbocycles. The van der Waals surface area contributed by atoms with Gasteiger partial charge in [0.05, 0.1) is 0 Å². The summed E-state index contributed by atoms with van der Waals surface area (Å²) in [5, 5.41) is 0. The van der Waals surface area contributed by atoms with Crippen LogP contribution in [0.3, 0.4) is 0 Å². The third-order valence-corrected chi connectivity index (χ3v) is 3.22. The summed E-state index contributed by atoms with van der Waals surface area (Å²) in [5.74, 6) is 0.705. The third-order valence-electron chi connectivity index (χ3n) is 3.22. The van der Waals surface area contributed by atoms with E-state index >= 15 is 0 Å². The molecule has 0 aliphatic heterocycles.